The first-order valence-corrected chi connectivity index (χ1v) is 10.7. The fraction of sp³-hybridized carbons (Fsp3) is 0.647. The van der Waals surface area contributed by atoms with Gasteiger partial charge in [-0.2, -0.15) is 0 Å². The van der Waals surface area contributed by atoms with E-state index in [-0.39, 0.29) is 23.4 Å². The van der Waals surface area contributed by atoms with Gasteiger partial charge in [0, 0.05) is 58.3 Å². The van der Waals surface area contributed by atoms with Crippen LogP contribution < -0.4 is 10.0 Å². The van der Waals surface area contributed by atoms with Crippen LogP contribution in [-0.2, 0) is 14.8 Å². The molecule has 2 saturated heterocycles. The number of hydrogen-bond donors (Lipinski definition) is 1. The van der Waals surface area contributed by atoms with E-state index in [1.807, 2.05) is 0 Å². The number of sulfonamides is 1. The van der Waals surface area contributed by atoms with E-state index < -0.39 is 26.4 Å². The third kappa shape index (κ3) is 4.27. The highest BCUT2D eigenvalue weighted by Crippen LogP contribution is 2.39. The lowest BCUT2D eigenvalue weighted by molar-refractivity contribution is -0.384. The van der Waals surface area contributed by atoms with Gasteiger partial charge in [-0.15, -0.1) is 0 Å². The number of nitro benzene ring substituents is 1. The Kier molecular flexibility index (Phi) is 5.89. The first-order chi connectivity index (χ1) is 13.1. The molecular formula is C17H25FN4O5S. The topological polar surface area (TPSA) is 119 Å². The van der Waals surface area contributed by atoms with Crippen molar-refractivity contribution in [2.24, 2.45) is 5.14 Å². The molecular weight excluding hydrogens is 391 g/mol. The molecule has 0 atom stereocenters. The molecule has 156 valence electrons. The normalized spacial score (nSPS) is 21.4. The summed E-state index contributed by atoms with van der Waals surface area (Å²) < 4.78 is 44.0. The van der Waals surface area contributed by atoms with Gasteiger partial charge in [-0.25, -0.2) is 17.9 Å². The standard InChI is InChI=1S/C17H25FN4O5S/c1-20(15-3-2-14(28(19,25)26)12-16(15)22(23)24)17(18)6-8-21(9-7-17)13-4-10-27-11-5-13/h2-3,12-13H,4-11H2,1H3,(H2,19,25,26). The molecule has 1 aromatic carbocycles. The molecule has 0 bridgehead atoms. The van der Waals surface area contributed by atoms with Crippen LogP contribution >= 0.6 is 0 Å². The number of benzene rings is 1. The van der Waals surface area contributed by atoms with Gasteiger partial charge >= 0.3 is 0 Å². The summed E-state index contributed by atoms with van der Waals surface area (Å²) >= 11 is 0. The van der Waals surface area contributed by atoms with Crippen LogP contribution in [0.3, 0.4) is 0 Å². The Labute approximate surface area is 163 Å². The number of piperidine rings is 1. The number of nitro groups is 1. The Morgan fingerprint density at radius 2 is 1.93 bits per heavy atom. The van der Waals surface area contributed by atoms with Crippen LogP contribution in [0.15, 0.2) is 23.1 Å². The number of alkyl halides is 1. The molecule has 0 aromatic heterocycles. The third-order valence-corrected chi connectivity index (χ3v) is 6.62. The maximum atomic E-state index is 15.7. The molecule has 3 rings (SSSR count). The summed E-state index contributed by atoms with van der Waals surface area (Å²) in [6, 6.07) is 3.66. The molecule has 0 aliphatic carbocycles. The van der Waals surface area contributed by atoms with Crippen LogP contribution in [0.4, 0.5) is 15.8 Å². The predicted octanol–water partition coefficient (Wildman–Crippen LogP) is 1.62. The van der Waals surface area contributed by atoms with Gasteiger partial charge in [0.15, 0.2) is 5.79 Å². The lowest BCUT2D eigenvalue weighted by Crippen LogP contribution is -2.54. The summed E-state index contributed by atoms with van der Waals surface area (Å²) in [4.78, 5) is 13.9. The minimum atomic E-state index is -4.09. The van der Waals surface area contributed by atoms with Crippen LogP contribution in [-0.4, -0.2) is 63.4 Å². The third-order valence-electron chi connectivity index (χ3n) is 5.71. The van der Waals surface area contributed by atoms with Gasteiger partial charge in [0.05, 0.1) is 9.82 Å². The number of nitrogens with zero attached hydrogens (tertiary/aromatic N) is 3. The molecule has 11 heteroatoms. The smallest absolute Gasteiger partial charge is 0.293 e. The molecule has 2 fully saturated rings. The summed E-state index contributed by atoms with van der Waals surface area (Å²) in [7, 11) is -2.63. The van der Waals surface area contributed by atoms with Gasteiger partial charge in [0.25, 0.3) is 5.69 Å². The summed E-state index contributed by atoms with van der Waals surface area (Å²) in [5.41, 5.74) is -0.461. The van der Waals surface area contributed by atoms with Crippen molar-refractivity contribution in [2.45, 2.75) is 42.4 Å². The largest absolute Gasteiger partial charge is 0.381 e. The van der Waals surface area contributed by atoms with Crippen molar-refractivity contribution in [3.05, 3.63) is 28.3 Å². The molecule has 2 aliphatic rings. The van der Waals surface area contributed by atoms with E-state index >= 15 is 4.39 Å². The molecule has 0 unspecified atom stereocenters. The van der Waals surface area contributed by atoms with Gasteiger partial charge in [-0.05, 0) is 25.0 Å². The number of anilines is 1. The highest BCUT2D eigenvalue weighted by Gasteiger charge is 2.42. The van der Waals surface area contributed by atoms with Gasteiger partial charge in [-0.3, -0.25) is 15.0 Å². The predicted molar refractivity (Wildman–Crippen MR) is 101 cm³/mol. The zero-order valence-electron chi connectivity index (χ0n) is 15.7. The van der Waals surface area contributed by atoms with E-state index in [0.29, 0.717) is 32.3 Å². The zero-order valence-corrected chi connectivity index (χ0v) is 16.5. The van der Waals surface area contributed by atoms with Crippen molar-refractivity contribution in [1.82, 2.24) is 4.90 Å². The van der Waals surface area contributed by atoms with Crippen molar-refractivity contribution in [1.29, 1.82) is 0 Å². The average molecular weight is 416 g/mol. The number of rotatable bonds is 5. The van der Waals surface area contributed by atoms with Crippen molar-refractivity contribution < 1.29 is 22.5 Å². The lowest BCUT2D eigenvalue weighted by Gasteiger charge is -2.45. The molecule has 2 aliphatic heterocycles. The number of halogens is 1. The first-order valence-electron chi connectivity index (χ1n) is 9.17. The minimum Gasteiger partial charge on any atom is -0.381 e. The Balaban J connectivity index is 1.79. The van der Waals surface area contributed by atoms with Crippen molar-refractivity contribution in [3.8, 4) is 0 Å². The van der Waals surface area contributed by atoms with Crippen LogP contribution in [0, 0.1) is 10.1 Å². The zero-order chi connectivity index (χ0) is 20.5. The Morgan fingerprint density at radius 1 is 1.32 bits per heavy atom. The SMILES string of the molecule is CN(c1ccc(S(N)(=O)=O)cc1[N+](=O)[O-])C1(F)CCN(C2CCOCC2)CC1. The van der Waals surface area contributed by atoms with Gasteiger partial charge in [-0.1, -0.05) is 0 Å². The van der Waals surface area contributed by atoms with Crippen molar-refractivity contribution in [2.75, 3.05) is 38.3 Å². The Morgan fingerprint density at radius 3 is 2.46 bits per heavy atom. The molecule has 0 radical (unpaired) electrons. The van der Waals surface area contributed by atoms with E-state index in [1.54, 1.807) is 0 Å². The van der Waals surface area contributed by atoms with Gasteiger partial charge < -0.3 is 9.64 Å². The molecule has 28 heavy (non-hydrogen) atoms. The van der Waals surface area contributed by atoms with Crippen LogP contribution in [0.1, 0.15) is 25.7 Å². The lowest BCUT2D eigenvalue weighted by atomic mass is 9.96. The van der Waals surface area contributed by atoms with Crippen LogP contribution in [0.2, 0.25) is 0 Å². The molecule has 0 saturated carbocycles. The van der Waals surface area contributed by atoms with E-state index in [4.69, 9.17) is 9.88 Å². The van der Waals surface area contributed by atoms with Gasteiger partial charge in [0.2, 0.25) is 10.0 Å². The summed E-state index contributed by atoms with van der Waals surface area (Å²) in [6.07, 6.45) is 2.26. The maximum absolute atomic E-state index is 15.7. The Hall–Kier alpha value is -1.82. The second-order valence-electron chi connectivity index (χ2n) is 7.31. The highest BCUT2D eigenvalue weighted by atomic mass is 32.2. The Bertz CT molecular complexity index is 836. The molecule has 2 N–H and O–H groups in total. The number of nitrogens with two attached hydrogens (primary N) is 1. The van der Waals surface area contributed by atoms with E-state index in [2.05, 4.69) is 4.90 Å². The number of likely N-dealkylation sites (tertiary alicyclic amines) is 1. The summed E-state index contributed by atoms with van der Waals surface area (Å²) in [6.45, 7) is 2.53. The average Bonchev–Trinajstić information content (AvgIpc) is 2.67. The van der Waals surface area contributed by atoms with Crippen LogP contribution in [0.25, 0.3) is 0 Å². The van der Waals surface area contributed by atoms with E-state index in [1.165, 1.54) is 18.0 Å². The molecule has 9 nitrogen and oxygen atoms in total. The van der Waals surface area contributed by atoms with Crippen LogP contribution in [0.5, 0.6) is 0 Å². The summed E-state index contributed by atoms with van der Waals surface area (Å²) in [5, 5.41) is 16.5. The number of primary sulfonamides is 1. The molecule has 2 heterocycles. The highest BCUT2D eigenvalue weighted by molar-refractivity contribution is 7.89. The molecule has 1 aromatic rings. The van der Waals surface area contributed by atoms with E-state index in [0.717, 1.165) is 25.0 Å². The first kappa shape index (κ1) is 20.9. The molecule has 0 spiro atoms. The van der Waals surface area contributed by atoms with E-state index in [9.17, 15) is 18.5 Å². The maximum Gasteiger partial charge on any atom is 0.293 e. The van der Waals surface area contributed by atoms with Gasteiger partial charge in [0.1, 0.15) is 5.69 Å². The summed E-state index contributed by atoms with van der Waals surface area (Å²) in [5.74, 6) is -1.75. The number of ether oxygens (including phenoxy) is 1. The number of hydrogen-bond acceptors (Lipinski definition) is 7. The quantitative estimate of drug-likeness (QED) is 0.440. The monoisotopic (exact) mass is 416 g/mol. The molecule has 0 amide bonds. The second kappa shape index (κ2) is 7.90. The fourth-order valence-electron chi connectivity index (χ4n) is 3.94. The minimum absolute atomic E-state index is 0.0272. The van der Waals surface area contributed by atoms with Crippen molar-refractivity contribution in [3.63, 3.8) is 0 Å². The van der Waals surface area contributed by atoms with Crippen molar-refractivity contribution >= 4 is 21.4 Å². The second-order valence-corrected chi connectivity index (χ2v) is 8.87. The fourth-order valence-corrected chi connectivity index (χ4v) is 4.48.